The smallest absolute Gasteiger partial charge is 0.000816 e. The molecule has 0 aromatic heterocycles. The first-order valence-corrected chi connectivity index (χ1v) is 4.74. The normalized spacial score (nSPS) is 32.2. The van der Waals surface area contributed by atoms with Gasteiger partial charge in [-0.2, -0.15) is 0 Å². The molecule has 0 amide bonds. The predicted molar refractivity (Wildman–Crippen MR) is 48.7 cm³/mol. The van der Waals surface area contributed by atoms with E-state index in [2.05, 4.69) is 24.5 Å². The highest BCUT2D eigenvalue weighted by Crippen LogP contribution is 2.14. The molecule has 1 aliphatic heterocycles. The summed E-state index contributed by atoms with van der Waals surface area (Å²) in [4.78, 5) is 0. The Morgan fingerprint density at radius 2 is 2.27 bits per heavy atom. The fourth-order valence-corrected chi connectivity index (χ4v) is 1.77. The summed E-state index contributed by atoms with van der Waals surface area (Å²) >= 11 is 0. The molecule has 0 saturated carbocycles. The molecule has 0 aliphatic carbocycles. The van der Waals surface area contributed by atoms with E-state index in [1.807, 2.05) is 0 Å². The number of rotatable bonds is 3. The van der Waals surface area contributed by atoms with Crippen molar-refractivity contribution < 1.29 is 0 Å². The Morgan fingerprint density at radius 3 is 2.91 bits per heavy atom. The lowest BCUT2D eigenvalue weighted by molar-refractivity contribution is 0.295. The summed E-state index contributed by atoms with van der Waals surface area (Å²) in [6.45, 7) is 9.20. The topological polar surface area (TPSA) is 24.1 Å². The molecule has 1 rings (SSSR count). The van der Waals surface area contributed by atoms with Crippen LogP contribution in [0.1, 0.15) is 20.3 Å². The minimum atomic E-state index is 0.860. The van der Waals surface area contributed by atoms with E-state index < -0.39 is 0 Å². The number of hydrogen-bond acceptors (Lipinski definition) is 2. The second-order valence-corrected chi connectivity index (χ2v) is 3.67. The quantitative estimate of drug-likeness (QED) is 0.633. The van der Waals surface area contributed by atoms with E-state index in [0.717, 1.165) is 18.4 Å². The Bertz CT molecular complexity index is 104. The average molecular weight is 156 g/mol. The van der Waals surface area contributed by atoms with E-state index in [1.54, 1.807) is 0 Å². The van der Waals surface area contributed by atoms with Crippen LogP contribution in [0.3, 0.4) is 0 Å². The standard InChI is InChI=1S/C9H20N2/c1-3-10-6-9-4-8(2)5-11-7-9/h8-11H,3-7H2,1-2H3. The number of piperidine rings is 1. The zero-order chi connectivity index (χ0) is 8.10. The molecule has 0 aromatic rings. The molecular formula is C9H20N2. The van der Waals surface area contributed by atoms with Crippen molar-refractivity contribution in [2.24, 2.45) is 11.8 Å². The van der Waals surface area contributed by atoms with E-state index in [4.69, 9.17) is 0 Å². The molecule has 66 valence electrons. The third-order valence-electron chi connectivity index (χ3n) is 2.34. The van der Waals surface area contributed by atoms with Crippen LogP contribution in [0, 0.1) is 11.8 Å². The van der Waals surface area contributed by atoms with Crippen LogP contribution >= 0.6 is 0 Å². The van der Waals surface area contributed by atoms with Gasteiger partial charge < -0.3 is 10.6 Å². The summed E-state index contributed by atoms with van der Waals surface area (Å²) in [7, 11) is 0. The molecule has 11 heavy (non-hydrogen) atoms. The molecule has 1 heterocycles. The Morgan fingerprint density at radius 1 is 1.45 bits per heavy atom. The van der Waals surface area contributed by atoms with Gasteiger partial charge in [0, 0.05) is 0 Å². The minimum Gasteiger partial charge on any atom is -0.317 e. The van der Waals surface area contributed by atoms with Crippen molar-refractivity contribution in [1.29, 1.82) is 0 Å². The first kappa shape index (κ1) is 9.01. The summed E-state index contributed by atoms with van der Waals surface area (Å²) in [5, 5.41) is 6.85. The second-order valence-electron chi connectivity index (χ2n) is 3.67. The Labute approximate surface area is 69.8 Å². The third kappa shape index (κ3) is 3.21. The van der Waals surface area contributed by atoms with Gasteiger partial charge in [-0.1, -0.05) is 13.8 Å². The zero-order valence-corrected chi connectivity index (χ0v) is 7.69. The minimum absolute atomic E-state index is 0.860. The van der Waals surface area contributed by atoms with Crippen molar-refractivity contribution in [3.8, 4) is 0 Å². The molecule has 0 bridgehead atoms. The molecule has 2 unspecified atom stereocenters. The van der Waals surface area contributed by atoms with Gasteiger partial charge in [-0.15, -0.1) is 0 Å². The predicted octanol–water partition coefficient (Wildman–Crippen LogP) is 0.841. The zero-order valence-electron chi connectivity index (χ0n) is 7.69. The van der Waals surface area contributed by atoms with Gasteiger partial charge in [0.25, 0.3) is 0 Å². The van der Waals surface area contributed by atoms with Crippen LogP contribution in [0.2, 0.25) is 0 Å². The van der Waals surface area contributed by atoms with Crippen LogP contribution < -0.4 is 10.6 Å². The Balaban J connectivity index is 2.12. The lowest BCUT2D eigenvalue weighted by Crippen LogP contribution is -2.39. The number of nitrogens with one attached hydrogen (secondary N) is 2. The maximum absolute atomic E-state index is 3.45. The Kier molecular flexibility index (Phi) is 3.87. The summed E-state index contributed by atoms with van der Waals surface area (Å²) < 4.78 is 0. The highest BCUT2D eigenvalue weighted by atomic mass is 14.9. The second kappa shape index (κ2) is 4.73. The molecule has 0 aromatic carbocycles. The van der Waals surface area contributed by atoms with Gasteiger partial charge in [-0.3, -0.25) is 0 Å². The molecular weight excluding hydrogens is 136 g/mol. The highest BCUT2D eigenvalue weighted by Gasteiger charge is 2.17. The van der Waals surface area contributed by atoms with E-state index in [1.165, 1.54) is 26.1 Å². The SMILES string of the molecule is CCNCC1CNCC(C)C1. The summed E-state index contributed by atoms with van der Waals surface area (Å²) in [6, 6.07) is 0. The van der Waals surface area contributed by atoms with Crippen molar-refractivity contribution in [2.45, 2.75) is 20.3 Å². The highest BCUT2D eigenvalue weighted by molar-refractivity contribution is 4.74. The summed E-state index contributed by atoms with van der Waals surface area (Å²) in [6.07, 6.45) is 1.39. The molecule has 2 nitrogen and oxygen atoms in total. The Hall–Kier alpha value is -0.0800. The maximum atomic E-state index is 3.45. The largest absolute Gasteiger partial charge is 0.317 e. The molecule has 1 saturated heterocycles. The molecule has 2 heteroatoms. The van der Waals surface area contributed by atoms with Crippen LogP contribution in [0.4, 0.5) is 0 Å². The van der Waals surface area contributed by atoms with Crippen molar-refractivity contribution in [2.75, 3.05) is 26.2 Å². The third-order valence-corrected chi connectivity index (χ3v) is 2.34. The van der Waals surface area contributed by atoms with Crippen LogP contribution in [0.15, 0.2) is 0 Å². The van der Waals surface area contributed by atoms with Gasteiger partial charge >= 0.3 is 0 Å². The van der Waals surface area contributed by atoms with Crippen molar-refractivity contribution >= 4 is 0 Å². The molecule has 2 atom stereocenters. The fraction of sp³-hybridized carbons (Fsp3) is 1.00. The summed E-state index contributed by atoms with van der Waals surface area (Å²) in [5.74, 6) is 1.73. The summed E-state index contributed by atoms with van der Waals surface area (Å²) in [5.41, 5.74) is 0. The molecule has 0 spiro atoms. The van der Waals surface area contributed by atoms with Crippen LogP contribution in [0.25, 0.3) is 0 Å². The van der Waals surface area contributed by atoms with E-state index in [-0.39, 0.29) is 0 Å². The maximum Gasteiger partial charge on any atom is -0.000816 e. The first-order valence-electron chi connectivity index (χ1n) is 4.74. The van der Waals surface area contributed by atoms with Gasteiger partial charge in [0.15, 0.2) is 0 Å². The molecule has 1 aliphatic rings. The van der Waals surface area contributed by atoms with Gasteiger partial charge in [0.05, 0.1) is 0 Å². The molecule has 0 radical (unpaired) electrons. The number of hydrogen-bond donors (Lipinski definition) is 2. The fourth-order valence-electron chi connectivity index (χ4n) is 1.77. The van der Waals surface area contributed by atoms with E-state index >= 15 is 0 Å². The van der Waals surface area contributed by atoms with Crippen molar-refractivity contribution in [1.82, 2.24) is 10.6 Å². The van der Waals surface area contributed by atoms with Crippen LogP contribution in [0.5, 0.6) is 0 Å². The molecule has 1 fully saturated rings. The van der Waals surface area contributed by atoms with Gasteiger partial charge in [0.1, 0.15) is 0 Å². The van der Waals surface area contributed by atoms with Crippen molar-refractivity contribution in [3.63, 3.8) is 0 Å². The monoisotopic (exact) mass is 156 g/mol. The van der Waals surface area contributed by atoms with Crippen LogP contribution in [-0.2, 0) is 0 Å². The first-order chi connectivity index (χ1) is 5.33. The lowest BCUT2D eigenvalue weighted by atomic mass is 9.92. The van der Waals surface area contributed by atoms with E-state index in [9.17, 15) is 0 Å². The van der Waals surface area contributed by atoms with Crippen molar-refractivity contribution in [3.05, 3.63) is 0 Å². The van der Waals surface area contributed by atoms with Crippen LogP contribution in [-0.4, -0.2) is 26.2 Å². The lowest BCUT2D eigenvalue weighted by Gasteiger charge is -2.27. The average Bonchev–Trinajstić information content (AvgIpc) is 2.01. The van der Waals surface area contributed by atoms with Gasteiger partial charge in [-0.25, -0.2) is 0 Å². The molecule has 2 N–H and O–H groups in total. The van der Waals surface area contributed by atoms with Gasteiger partial charge in [-0.05, 0) is 44.4 Å². The van der Waals surface area contributed by atoms with Gasteiger partial charge in [0.2, 0.25) is 0 Å². The van der Waals surface area contributed by atoms with E-state index in [0.29, 0.717) is 0 Å².